The highest BCUT2D eigenvalue weighted by Gasteiger charge is 2.12. The first-order chi connectivity index (χ1) is 6.38. The third-order valence-electron chi connectivity index (χ3n) is 2.24. The molecule has 66 valence electrons. The molecule has 1 nitrogen and oxygen atoms in total. The maximum absolute atomic E-state index is 9.70. The third-order valence-corrected chi connectivity index (χ3v) is 2.24. The van der Waals surface area contributed by atoms with Crippen molar-refractivity contribution in [2.24, 2.45) is 0 Å². The van der Waals surface area contributed by atoms with Gasteiger partial charge in [0.1, 0.15) is 0 Å². The number of aliphatic hydroxyl groups excluding tert-OH is 1. The maximum Gasteiger partial charge on any atom is 0.0830 e. The normalized spacial score (nSPS) is 21.3. The molecule has 0 aliphatic heterocycles. The van der Waals surface area contributed by atoms with Crippen LogP contribution in [0.2, 0.25) is 0 Å². The Hall–Kier alpha value is -1.34. The molecular formula is C12H12O. The van der Waals surface area contributed by atoms with E-state index in [1.54, 1.807) is 0 Å². The van der Waals surface area contributed by atoms with Crippen molar-refractivity contribution in [3.8, 4) is 0 Å². The molecule has 1 atom stereocenters. The number of hydrogen-bond acceptors (Lipinski definition) is 1. The predicted octanol–water partition coefficient (Wildman–Crippen LogP) is 2.39. The average Bonchev–Trinajstić information content (AvgIpc) is 2.20. The van der Waals surface area contributed by atoms with Gasteiger partial charge >= 0.3 is 0 Å². The van der Waals surface area contributed by atoms with Crippen molar-refractivity contribution in [1.29, 1.82) is 0 Å². The molecule has 0 aromatic heterocycles. The van der Waals surface area contributed by atoms with Gasteiger partial charge in [0.25, 0.3) is 0 Å². The second kappa shape index (κ2) is 3.58. The molecule has 2 rings (SSSR count). The van der Waals surface area contributed by atoms with Crippen molar-refractivity contribution in [3.05, 3.63) is 54.1 Å². The van der Waals surface area contributed by atoms with Gasteiger partial charge in [0.2, 0.25) is 0 Å². The van der Waals surface area contributed by atoms with Gasteiger partial charge in [0, 0.05) is 0 Å². The Bertz CT molecular complexity index is 335. The molecule has 0 fully saturated rings. The minimum atomic E-state index is -0.340. The second-order valence-electron chi connectivity index (χ2n) is 3.17. The van der Waals surface area contributed by atoms with E-state index < -0.39 is 0 Å². The summed E-state index contributed by atoms with van der Waals surface area (Å²) >= 11 is 0. The lowest BCUT2D eigenvalue weighted by molar-refractivity contribution is 0.235. The molecule has 0 heterocycles. The predicted molar refractivity (Wildman–Crippen MR) is 54.2 cm³/mol. The molecule has 1 unspecified atom stereocenters. The van der Waals surface area contributed by atoms with Crippen LogP contribution in [0.25, 0.3) is 5.57 Å². The smallest absolute Gasteiger partial charge is 0.0830 e. The molecule has 1 aliphatic rings. The quantitative estimate of drug-likeness (QED) is 0.689. The highest BCUT2D eigenvalue weighted by molar-refractivity contribution is 5.71. The standard InChI is InChI=1S/C12H12O/c13-12-9-5-4-8-11(12)10-6-2-1-3-7-10/h1-8,12-13H,9H2. The van der Waals surface area contributed by atoms with E-state index in [1.165, 1.54) is 0 Å². The van der Waals surface area contributed by atoms with Crippen LogP contribution in [0.15, 0.2) is 48.6 Å². The van der Waals surface area contributed by atoms with Crippen molar-refractivity contribution in [3.63, 3.8) is 0 Å². The molecule has 0 saturated heterocycles. The summed E-state index contributed by atoms with van der Waals surface area (Å²) in [6.07, 6.45) is 6.34. The van der Waals surface area contributed by atoms with E-state index >= 15 is 0 Å². The Morgan fingerprint density at radius 1 is 1.15 bits per heavy atom. The number of benzene rings is 1. The van der Waals surface area contributed by atoms with Gasteiger partial charge in [-0.1, -0.05) is 48.6 Å². The average molecular weight is 172 g/mol. The summed E-state index contributed by atoms with van der Waals surface area (Å²) in [5, 5.41) is 9.70. The minimum Gasteiger partial charge on any atom is -0.388 e. The maximum atomic E-state index is 9.70. The highest BCUT2D eigenvalue weighted by atomic mass is 16.3. The van der Waals surface area contributed by atoms with E-state index in [1.807, 2.05) is 48.6 Å². The first-order valence-corrected chi connectivity index (χ1v) is 4.48. The lowest BCUT2D eigenvalue weighted by Gasteiger charge is -2.15. The Balaban J connectivity index is 2.35. The molecule has 1 heteroatoms. The van der Waals surface area contributed by atoms with Crippen molar-refractivity contribution in [2.45, 2.75) is 12.5 Å². The van der Waals surface area contributed by atoms with Crippen LogP contribution in [0.5, 0.6) is 0 Å². The summed E-state index contributed by atoms with van der Waals surface area (Å²) in [5.74, 6) is 0. The second-order valence-corrected chi connectivity index (χ2v) is 3.17. The Labute approximate surface area is 78.0 Å². The van der Waals surface area contributed by atoms with E-state index in [0.29, 0.717) is 0 Å². The third kappa shape index (κ3) is 1.70. The summed E-state index contributed by atoms with van der Waals surface area (Å²) < 4.78 is 0. The van der Waals surface area contributed by atoms with E-state index in [2.05, 4.69) is 0 Å². The zero-order valence-corrected chi connectivity index (χ0v) is 7.35. The van der Waals surface area contributed by atoms with E-state index in [0.717, 1.165) is 17.6 Å². The van der Waals surface area contributed by atoms with Gasteiger partial charge in [0.15, 0.2) is 0 Å². The summed E-state index contributed by atoms with van der Waals surface area (Å²) in [7, 11) is 0. The van der Waals surface area contributed by atoms with Gasteiger partial charge in [-0.3, -0.25) is 0 Å². The largest absolute Gasteiger partial charge is 0.388 e. The van der Waals surface area contributed by atoms with Crippen molar-refractivity contribution >= 4 is 5.57 Å². The van der Waals surface area contributed by atoms with Crippen LogP contribution in [0.1, 0.15) is 12.0 Å². The fourth-order valence-corrected chi connectivity index (χ4v) is 1.54. The molecule has 1 aromatic rings. The summed E-state index contributed by atoms with van der Waals surface area (Å²) in [5.41, 5.74) is 2.13. The molecule has 1 aliphatic carbocycles. The van der Waals surface area contributed by atoms with Crippen molar-refractivity contribution in [1.82, 2.24) is 0 Å². The fraction of sp³-hybridized carbons (Fsp3) is 0.167. The van der Waals surface area contributed by atoms with E-state index in [-0.39, 0.29) is 6.10 Å². The van der Waals surface area contributed by atoms with Gasteiger partial charge in [-0.2, -0.15) is 0 Å². The first-order valence-electron chi connectivity index (χ1n) is 4.48. The van der Waals surface area contributed by atoms with Crippen LogP contribution in [0.3, 0.4) is 0 Å². The van der Waals surface area contributed by atoms with Crippen LogP contribution in [0, 0.1) is 0 Å². The van der Waals surface area contributed by atoms with Crippen molar-refractivity contribution < 1.29 is 5.11 Å². The molecule has 0 radical (unpaired) electrons. The zero-order chi connectivity index (χ0) is 9.10. The zero-order valence-electron chi connectivity index (χ0n) is 7.35. The SMILES string of the molecule is OC1CC=CC=C1c1ccccc1. The Morgan fingerprint density at radius 2 is 1.92 bits per heavy atom. The monoisotopic (exact) mass is 172 g/mol. The molecule has 0 amide bonds. The number of rotatable bonds is 1. The Kier molecular flexibility index (Phi) is 2.28. The molecule has 0 saturated carbocycles. The molecule has 13 heavy (non-hydrogen) atoms. The van der Waals surface area contributed by atoms with Gasteiger partial charge in [-0.15, -0.1) is 0 Å². The summed E-state index contributed by atoms with van der Waals surface area (Å²) in [6, 6.07) is 10.00. The fourth-order valence-electron chi connectivity index (χ4n) is 1.54. The molecule has 0 spiro atoms. The molecule has 0 bridgehead atoms. The van der Waals surface area contributed by atoms with Gasteiger partial charge < -0.3 is 5.11 Å². The molecule has 1 aromatic carbocycles. The molecule has 1 N–H and O–H groups in total. The lowest BCUT2D eigenvalue weighted by atomic mass is 9.95. The van der Waals surface area contributed by atoms with Gasteiger partial charge in [-0.05, 0) is 17.6 Å². The summed E-state index contributed by atoms with van der Waals surface area (Å²) in [6.45, 7) is 0. The molecular weight excluding hydrogens is 160 g/mol. The topological polar surface area (TPSA) is 20.2 Å². The van der Waals surface area contributed by atoms with Crippen molar-refractivity contribution in [2.75, 3.05) is 0 Å². The van der Waals surface area contributed by atoms with E-state index in [4.69, 9.17) is 0 Å². The van der Waals surface area contributed by atoms with E-state index in [9.17, 15) is 5.11 Å². The highest BCUT2D eigenvalue weighted by Crippen LogP contribution is 2.23. The minimum absolute atomic E-state index is 0.340. The van der Waals surface area contributed by atoms with Crippen LogP contribution < -0.4 is 0 Å². The number of hydrogen-bond donors (Lipinski definition) is 1. The van der Waals surface area contributed by atoms with Gasteiger partial charge in [0.05, 0.1) is 6.10 Å². The first kappa shape index (κ1) is 8.27. The van der Waals surface area contributed by atoms with Crippen LogP contribution >= 0.6 is 0 Å². The van der Waals surface area contributed by atoms with Crippen LogP contribution in [0.4, 0.5) is 0 Å². The number of aliphatic hydroxyl groups is 1. The number of allylic oxidation sites excluding steroid dienone is 2. The van der Waals surface area contributed by atoms with Crippen LogP contribution in [-0.4, -0.2) is 11.2 Å². The Morgan fingerprint density at radius 3 is 2.62 bits per heavy atom. The van der Waals surface area contributed by atoms with Crippen LogP contribution in [-0.2, 0) is 0 Å². The lowest BCUT2D eigenvalue weighted by Crippen LogP contribution is -2.09. The van der Waals surface area contributed by atoms with Gasteiger partial charge in [-0.25, -0.2) is 0 Å². The summed E-state index contributed by atoms with van der Waals surface area (Å²) in [4.78, 5) is 0.